The monoisotopic (exact) mass is 379 g/mol. The number of rotatable bonds is 4. The molecular weight excluding hydrogens is 362 g/mol. The molecular formula is C20H18ClN5O. The number of aryl methyl sites for hydroxylation is 1. The zero-order valence-electron chi connectivity index (χ0n) is 14.9. The first-order valence-electron chi connectivity index (χ1n) is 8.49. The van der Waals surface area contributed by atoms with Crippen LogP contribution in [0.15, 0.2) is 48.5 Å². The van der Waals surface area contributed by atoms with Crippen LogP contribution in [-0.2, 0) is 0 Å². The van der Waals surface area contributed by atoms with Crippen LogP contribution in [0.3, 0.4) is 0 Å². The predicted octanol–water partition coefficient (Wildman–Crippen LogP) is 4.59. The molecule has 4 rings (SSSR count). The highest BCUT2D eigenvalue weighted by atomic mass is 35.5. The second-order valence-electron chi connectivity index (χ2n) is 6.31. The van der Waals surface area contributed by atoms with E-state index in [0.717, 1.165) is 33.7 Å². The van der Waals surface area contributed by atoms with Crippen LogP contribution in [0.2, 0.25) is 5.02 Å². The normalized spacial score (nSPS) is 10.9. The summed E-state index contributed by atoms with van der Waals surface area (Å²) in [6.07, 6.45) is 0. The van der Waals surface area contributed by atoms with Crippen LogP contribution >= 0.6 is 11.6 Å². The molecule has 0 spiro atoms. The number of halogens is 1. The first-order valence-corrected chi connectivity index (χ1v) is 8.87. The van der Waals surface area contributed by atoms with E-state index in [0.29, 0.717) is 16.4 Å². The van der Waals surface area contributed by atoms with E-state index in [4.69, 9.17) is 11.6 Å². The number of aromatic amines is 2. The fraction of sp³-hybridized carbons (Fsp3) is 0.100. The number of nitrogens with one attached hydrogen (secondary N) is 4. The number of H-pyrrole nitrogens is 2. The number of nitrogens with zero attached hydrogens (tertiary/aromatic N) is 1. The van der Waals surface area contributed by atoms with E-state index in [-0.39, 0.29) is 5.91 Å². The van der Waals surface area contributed by atoms with Crippen molar-refractivity contribution in [2.24, 2.45) is 0 Å². The molecule has 4 aromatic rings. The van der Waals surface area contributed by atoms with Gasteiger partial charge in [0.15, 0.2) is 5.82 Å². The Morgan fingerprint density at radius 2 is 1.78 bits per heavy atom. The van der Waals surface area contributed by atoms with Crippen molar-refractivity contribution in [2.75, 3.05) is 5.43 Å². The van der Waals surface area contributed by atoms with Crippen molar-refractivity contribution in [3.05, 3.63) is 70.4 Å². The lowest BCUT2D eigenvalue weighted by Crippen LogP contribution is -2.30. The number of anilines is 1. The maximum absolute atomic E-state index is 12.7. The van der Waals surface area contributed by atoms with Gasteiger partial charge in [-0.1, -0.05) is 23.7 Å². The van der Waals surface area contributed by atoms with E-state index in [1.54, 1.807) is 24.3 Å². The molecule has 0 aliphatic carbocycles. The fourth-order valence-electron chi connectivity index (χ4n) is 3.12. The van der Waals surface area contributed by atoms with E-state index in [2.05, 4.69) is 25.8 Å². The number of aromatic nitrogens is 3. The minimum Gasteiger partial charge on any atom is -0.355 e. The van der Waals surface area contributed by atoms with Crippen molar-refractivity contribution in [1.29, 1.82) is 0 Å². The summed E-state index contributed by atoms with van der Waals surface area (Å²) in [5.41, 5.74) is 11.2. The lowest BCUT2D eigenvalue weighted by atomic mass is 10.1. The maximum atomic E-state index is 12.7. The molecule has 2 heterocycles. The maximum Gasteiger partial charge on any atom is 0.271 e. The molecule has 0 saturated heterocycles. The Balaban J connectivity index is 1.60. The summed E-state index contributed by atoms with van der Waals surface area (Å²) in [6, 6.07) is 14.9. The lowest BCUT2D eigenvalue weighted by molar-refractivity contribution is 0.0961. The van der Waals surface area contributed by atoms with Crippen molar-refractivity contribution in [1.82, 2.24) is 20.4 Å². The largest absolute Gasteiger partial charge is 0.355 e. The van der Waals surface area contributed by atoms with Crippen molar-refractivity contribution in [3.63, 3.8) is 0 Å². The molecule has 2 aromatic heterocycles. The fourth-order valence-corrected chi connectivity index (χ4v) is 3.25. The Kier molecular flexibility index (Phi) is 4.33. The van der Waals surface area contributed by atoms with Gasteiger partial charge >= 0.3 is 0 Å². The molecule has 0 atom stereocenters. The molecule has 0 bridgehead atoms. The average molecular weight is 380 g/mol. The molecule has 2 aromatic carbocycles. The Hall–Kier alpha value is -3.25. The molecule has 0 saturated carbocycles. The van der Waals surface area contributed by atoms with Crippen LogP contribution in [0.4, 0.5) is 5.69 Å². The molecule has 27 heavy (non-hydrogen) atoms. The van der Waals surface area contributed by atoms with Gasteiger partial charge in [-0.05, 0) is 55.8 Å². The number of para-hydroxylation sites is 2. The minimum atomic E-state index is -0.224. The van der Waals surface area contributed by atoms with E-state index >= 15 is 0 Å². The van der Waals surface area contributed by atoms with Gasteiger partial charge in [0.2, 0.25) is 0 Å². The van der Waals surface area contributed by atoms with Gasteiger partial charge in [0.25, 0.3) is 5.91 Å². The highest BCUT2D eigenvalue weighted by molar-refractivity contribution is 6.30. The van der Waals surface area contributed by atoms with Crippen molar-refractivity contribution >= 4 is 34.2 Å². The third kappa shape index (κ3) is 3.27. The molecule has 0 aliphatic rings. The second-order valence-corrected chi connectivity index (χ2v) is 6.75. The number of fused-ring (bicyclic) bond motifs is 1. The molecule has 136 valence electrons. The van der Waals surface area contributed by atoms with Crippen LogP contribution in [0.25, 0.3) is 22.6 Å². The number of hydrazine groups is 1. The molecule has 0 radical (unpaired) electrons. The summed E-state index contributed by atoms with van der Waals surface area (Å²) < 4.78 is 0. The number of carbonyl (C=O) groups is 1. The number of carbonyl (C=O) groups excluding carboxylic acids is 1. The minimum absolute atomic E-state index is 0.224. The molecule has 4 N–H and O–H groups in total. The van der Waals surface area contributed by atoms with E-state index < -0.39 is 0 Å². The quantitative estimate of drug-likeness (QED) is 0.391. The Morgan fingerprint density at radius 3 is 2.52 bits per heavy atom. The van der Waals surface area contributed by atoms with Gasteiger partial charge in [0.1, 0.15) is 0 Å². The topological polar surface area (TPSA) is 85.6 Å². The number of amides is 1. The zero-order valence-corrected chi connectivity index (χ0v) is 15.6. The van der Waals surface area contributed by atoms with Gasteiger partial charge in [-0.25, -0.2) is 4.98 Å². The van der Waals surface area contributed by atoms with E-state index in [1.807, 2.05) is 38.1 Å². The van der Waals surface area contributed by atoms with Gasteiger partial charge in [0, 0.05) is 10.7 Å². The summed E-state index contributed by atoms with van der Waals surface area (Å²) in [5, 5.41) is 0.639. The first-order chi connectivity index (χ1) is 13.0. The molecule has 1 amide bonds. The van der Waals surface area contributed by atoms with Crippen LogP contribution < -0.4 is 10.9 Å². The Morgan fingerprint density at radius 1 is 1.04 bits per heavy atom. The summed E-state index contributed by atoms with van der Waals surface area (Å²) in [7, 11) is 0. The SMILES string of the molecule is Cc1[nH]c(-c2nc3ccccc3[nH]2)c(C)c1C(=O)NNc1ccc(Cl)cc1. The first kappa shape index (κ1) is 17.2. The number of benzene rings is 2. The predicted molar refractivity (Wildman–Crippen MR) is 108 cm³/mol. The van der Waals surface area contributed by atoms with Crippen LogP contribution in [0.1, 0.15) is 21.6 Å². The van der Waals surface area contributed by atoms with Crippen LogP contribution in [0, 0.1) is 13.8 Å². The summed E-state index contributed by atoms with van der Waals surface area (Å²) in [5.74, 6) is 0.486. The van der Waals surface area contributed by atoms with Crippen LogP contribution in [-0.4, -0.2) is 20.9 Å². The number of hydrogen-bond acceptors (Lipinski definition) is 3. The van der Waals surface area contributed by atoms with Crippen molar-refractivity contribution in [2.45, 2.75) is 13.8 Å². The van der Waals surface area contributed by atoms with Crippen molar-refractivity contribution in [3.8, 4) is 11.5 Å². The summed E-state index contributed by atoms with van der Waals surface area (Å²) >= 11 is 5.87. The second kappa shape index (κ2) is 6.81. The Bertz CT molecular complexity index is 1090. The zero-order chi connectivity index (χ0) is 19.0. The highest BCUT2D eigenvalue weighted by Crippen LogP contribution is 2.27. The van der Waals surface area contributed by atoms with Gasteiger partial charge in [0.05, 0.1) is 28.0 Å². The summed E-state index contributed by atoms with van der Waals surface area (Å²) in [6.45, 7) is 3.78. The third-order valence-electron chi connectivity index (χ3n) is 4.46. The van der Waals surface area contributed by atoms with E-state index in [1.165, 1.54) is 0 Å². The highest BCUT2D eigenvalue weighted by Gasteiger charge is 2.20. The Labute approximate surface area is 160 Å². The smallest absolute Gasteiger partial charge is 0.271 e. The standard InChI is InChI=1S/C20H18ClN5O/c1-11-17(20(27)26-25-14-9-7-13(21)8-10-14)12(2)22-18(11)19-23-15-5-3-4-6-16(15)24-19/h3-10,22,25H,1-2H3,(H,23,24)(H,26,27). The molecule has 0 unspecified atom stereocenters. The van der Waals surface area contributed by atoms with Crippen LogP contribution in [0.5, 0.6) is 0 Å². The molecule has 7 heteroatoms. The van der Waals surface area contributed by atoms with E-state index in [9.17, 15) is 4.79 Å². The van der Waals surface area contributed by atoms with Gasteiger partial charge < -0.3 is 9.97 Å². The lowest BCUT2D eigenvalue weighted by Gasteiger charge is -2.09. The molecule has 6 nitrogen and oxygen atoms in total. The average Bonchev–Trinajstić information content (AvgIpc) is 3.21. The molecule has 0 aliphatic heterocycles. The van der Waals surface area contributed by atoms with Gasteiger partial charge in [-0.3, -0.25) is 15.6 Å². The number of hydrogen-bond donors (Lipinski definition) is 4. The summed E-state index contributed by atoms with van der Waals surface area (Å²) in [4.78, 5) is 23.9. The van der Waals surface area contributed by atoms with Gasteiger partial charge in [-0.15, -0.1) is 0 Å². The van der Waals surface area contributed by atoms with Gasteiger partial charge in [-0.2, -0.15) is 0 Å². The number of imidazole rings is 1. The third-order valence-corrected chi connectivity index (χ3v) is 4.71. The van der Waals surface area contributed by atoms with Crippen molar-refractivity contribution < 1.29 is 4.79 Å². The molecule has 0 fully saturated rings.